The van der Waals surface area contributed by atoms with E-state index >= 15 is 0 Å². The molecule has 0 atom stereocenters. The third-order valence-corrected chi connectivity index (χ3v) is 3.34. The zero-order chi connectivity index (χ0) is 10.2. The summed E-state index contributed by atoms with van der Waals surface area (Å²) in [5.41, 5.74) is 6.11. The Hall–Kier alpha value is -0.450. The molecule has 1 rings (SSSR count). The van der Waals surface area contributed by atoms with E-state index in [1.54, 1.807) is 6.92 Å². The lowest BCUT2D eigenvalue weighted by Crippen LogP contribution is -1.98. The molecule has 0 amide bonds. The summed E-state index contributed by atoms with van der Waals surface area (Å²) in [6, 6.07) is 2.71. The quantitative estimate of drug-likeness (QED) is 0.604. The fourth-order valence-electron chi connectivity index (χ4n) is 0.882. The van der Waals surface area contributed by atoms with Gasteiger partial charge in [0.1, 0.15) is 4.90 Å². The molecule has 0 heterocycles. The monoisotopic (exact) mass is 239 g/mol. The van der Waals surface area contributed by atoms with E-state index in [0.717, 1.165) is 0 Å². The average Bonchev–Trinajstić information content (AvgIpc) is 1.94. The van der Waals surface area contributed by atoms with E-state index in [1.165, 1.54) is 12.1 Å². The van der Waals surface area contributed by atoms with Gasteiger partial charge in [-0.1, -0.05) is 11.6 Å². The van der Waals surface area contributed by atoms with Crippen LogP contribution in [-0.2, 0) is 9.05 Å². The fraction of sp³-hybridized carbons (Fsp3) is 0.143. The predicted molar refractivity (Wildman–Crippen MR) is 53.6 cm³/mol. The summed E-state index contributed by atoms with van der Waals surface area (Å²) in [5, 5.41) is 0.418. The number of halogens is 2. The van der Waals surface area contributed by atoms with Gasteiger partial charge in [-0.05, 0) is 24.6 Å². The van der Waals surface area contributed by atoms with Crippen LogP contribution in [0, 0.1) is 6.92 Å². The van der Waals surface area contributed by atoms with Gasteiger partial charge < -0.3 is 5.73 Å². The Kier molecular flexibility index (Phi) is 2.75. The van der Waals surface area contributed by atoms with E-state index < -0.39 is 9.05 Å². The number of benzene rings is 1. The lowest BCUT2D eigenvalue weighted by molar-refractivity contribution is 0.610. The lowest BCUT2D eigenvalue weighted by Gasteiger charge is -2.04. The first-order chi connectivity index (χ1) is 5.82. The summed E-state index contributed by atoms with van der Waals surface area (Å²) in [5.74, 6) is 0. The summed E-state index contributed by atoms with van der Waals surface area (Å²) in [7, 11) is 1.35. The molecule has 0 unspecified atom stereocenters. The number of nitrogen functional groups attached to an aromatic ring is 1. The van der Waals surface area contributed by atoms with Crippen LogP contribution in [0.25, 0.3) is 0 Å². The van der Waals surface area contributed by atoms with Crippen LogP contribution in [0.3, 0.4) is 0 Å². The van der Waals surface area contributed by atoms with E-state index in [9.17, 15) is 8.42 Å². The molecule has 0 bridgehead atoms. The topological polar surface area (TPSA) is 60.2 Å². The van der Waals surface area contributed by atoms with Gasteiger partial charge in [0.25, 0.3) is 9.05 Å². The van der Waals surface area contributed by atoms with Gasteiger partial charge >= 0.3 is 0 Å². The fourth-order valence-corrected chi connectivity index (χ4v) is 2.11. The van der Waals surface area contributed by atoms with Crippen molar-refractivity contribution in [2.75, 3.05) is 5.73 Å². The van der Waals surface area contributed by atoms with Crippen molar-refractivity contribution in [1.82, 2.24) is 0 Å². The van der Waals surface area contributed by atoms with Crippen LogP contribution in [0.5, 0.6) is 0 Å². The molecule has 0 spiro atoms. The average molecular weight is 240 g/mol. The van der Waals surface area contributed by atoms with Gasteiger partial charge in [0.2, 0.25) is 0 Å². The van der Waals surface area contributed by atoms with Gasteiger partial charge in [-0.3, -0.25) is 0 Å². The molecule has 1 aromatic carbocycles. The highest BCUT2D eigenvalue weighted by molar-refractivity contribution is 8.13. The molecule has 3 nitrogen and oxygen atoms in total. The van der Waals surface area contributed by atoms with E-state index in [2.05, 4.69) is 0 Å². The summed E-state index contributed by atoms with van der Waals surface area (Å²) >= 11 is 5.72. The molecule has 0 aliphatic heterocycles. The molecule has 0 aliphatic carbocycles. The molecule has 0 aliphatic rings. The van der Waals surface area contributed by atoms with E-state index in [-0.39, 0.29) is 10.6 Å². The summed E-state index contributed by atoms with van der Waals surface area (Å²) in [6.07, 6.45) is 0. The molecule has 0 saturated heterocycles. The van der Waals surface area contributed by atoms with Crippen molar-refractivity contribution in [2.45, 2.75) is 11.8 Å². The molecular weight excluding hydrogens is 233 g/mol. The van der Waals surface area contributed by atoms with Crippen molar-refractivity contribution in [2.24, 2.45) is 0 Å². The lowest BCUT2D eigenvalue weighted by atomic mass is 10.2. The van der Waals surface area contributed by atoms with Gasteiger partial charge in [-0.2, -0.15) is 0 Å². The maximum Gasteiger partial charge on any atom is 0.263 e. The van der Waals surface area contributed by atoms with Gasteiger partial charge in [-0.25, -0.2) is 8.42 Å². The maximum atomic E-state index is 11.0. The van der Waals surface area contributed by atoms with E-state index in [1.807, 2.05) is 0 Å². The molecule has 72 valence electrons. The Balaban J connectivity index is 3.50. The molecule has 0 radical (unpaired) electrons. The standard InChI is InChI=1S/C7H7Cl2NO2S/c1-4-2-7(13(9,11)12)6(10)3-5(4)8/h2-3H,10H2,1H3. The second-order valence-electron chi connectivity index (χ2n) is 2.58. The molecule has 0 aromatic heterocycles. The summed E-state index contributed by atoms with van der Waals surface area (Å²) in [4.78, 5) is -0.101. The minimum atomic E-state index is -3.78. The van der Waals surface area contributed by atoms with Crippen molar-refractivity contribution in [3.05, 3.63) is 22.7 Å². The first-order valence-corrected chi connectivity index (χ1v) is 6.01. The van der Waals surface area contributed by atoms with Crippen LogP contribution in [0.2, 0.25) is 5.02 Å². The van der Waals surface area contributed by atoms with Crippen LogP contribution in [0.4, 0.5) is 5.69 Å². The molecule has 2 N–H and O–H groups in total. The molecule has 6 heteroatoms. The van der Waals surface area contributed by atoms with Gasteiger partial charge in [0, 0.05) is 15.7 Å². The normalized spacial score (nSPS) is 11.6. The SMILES string of the molecule is Cc1cc(S(=O)(=O)Cl)c(N)cc1Cl. The smallest absolute Gasteiger partial charge is 0.263 e. The maximum absolute atomic E-state index is 11.0. The second kappa shape index (κ2) is 3.36. The predicted octanol–water partition coefficient (Wildman–Crippen LogP) is 2.16. The van der Waals surface area contributed by atoms with E-state index in [0.29, 0.717) is 10.6 Å². The first kappa shape index (κ1) is 10.6. The molecule has 13 heavy (non-hydrogen) atoms. The van der Waals surface area contributed by atoms with Crippen LogP contribution in [0.15, 0.2) is 17.0 Å². The minimum absolute atomic E-state index is 0.0607. The number of hydrogen-bond acceptors (Lipinski definition) is 3. The summed E-state index contributed by atoms with van der Waals surface area (Å²) in [6.45, 7) is 1.67. The number of nitrogens with two attached hydrogens (primary N) is 1. The van der Waals surface area contributed by atoms with Crippen molar-refractivity contribution in [1.29, 1.82) is 0 Å². The zero-order valence-electron chi connectivity index (χ0n) is 6.71. The number of aryl methyl sites for hydroxylation is 1. The Morgan fingerprint density at radius 3 is 2.38 bits per heavy atom. The van der Waals surface area contributed by atoms with Gasteiger partial charge in [0.15, 0.2) is 0 Å². The third-order valence-electron chi connectivity index (χ3n) is 1.55. The van der Waals surface area contributed by atoms with Crippen LogP contribution in [0.1, 0.15) is 5.56 Å². The van der Waals surface area contributed by atoms with Crippen LogP contribution < -0.4 is 5.73 Å². The third kappa shape index (κ3) is 2.27. The highest BCUT2D eigenvalue weighted by Gasteiger charge is 2.15. The summed E-state index contributed by atoms with van der Waals surface area (Å²) < 4.78 is 21.9. The van der Waals surface area contributed by atoms with Crippen LogP contribution >= 0.6 is 22.3 Å². The Morgan fingerprint density at radius 2 is 1.92 bits per heavy atom. The molecular formula is C7H7Cl2NO2S. The number of hydrogen-bond donors (Lipinski definition) is 1. The second-order valence-corrected chi connectivity index (χ2v) is 5.52. The highest BCUT2D eigenvalue weighted by Crippen LogP contribution is 2.28. The number of rotatable bonds is 1. The molecule has 1 aromatic rings. The van der Waals surface area contributed by atoms with Crippen molar-refractivity contribution in [3.63, 3.8) is 0 Å². The Morgan fingerprint density at radius 1 is 1.38 bits per heavy atom. The largest absolute Gasteiger partial charge is 0.398 e. The molecule has 0 fully saturated rings. The Labute approximate surface area is 85.9 Å². The molecule has 0 saturated carbocycles. The van der Waals surface area contributed by atoms with Gasteiger partial charge in [0.05, 0.1) is 5.69 Å². The number of anilines is 1. The minimum Gasteiger partial charge on any atom is -0.398 e. The van der Waals surface area contributed by atoms with Crippen molar-refractivity contribution < 1.29 is 8.42 Å². The van der Waals surface area contributed by atoms with Gasteiger partial charge in [-0.15, -0.1) is 0 Å². The van der Waals surface area contributed by atoms with E-state index in [4.69, 9.17) is 28.0 Å². The van der Waals surface area contributed by atoms with Crippen molar-refractivity contribution >= 4 is 37.0 Å². The Bertz CT molecular complexity index is 442. The highest BCUT2D eigenvalue weighted by atomic mass is 35.7. The van der Waals surface area contributed by atoms with Crippen LogP contribution in [-0.4, -0.2) is 8.42 Å². The zero-order valence-corrected chi connectivity index (χ0v) is 9.04. The van der Waals surface area contributed by atoms with Crippen molar-refractivity contribution in [3.8, 4) is 0 Å². The first-order valence-electron chi connectivity index (χ1n) is 3.32.